The van der Waals surface area contributed by atoms with Crippen molar-refractivity contribution >= 4 is 22.6 Å². The van der Waals surface area contributed by atoms with Gasteiger partial charge >= 0.3 is 6.01 Å². The molecule has 0 spiro atoms. The number of ether oxygens (including phenoxy) is 1. The zero-order valence-corrected chi connectivity index (χ0v) is 24.3. The molecule has 6 heterocycles. The van der Waals surface area contributed by atoms with E-state index in [1.807, 2.05) is 23.2 Å². The standard InChI is InChI=1S/C33H36F2N6O2/c1-2-28(42)40-13-10-26-27(40)18-41(26)31-24-9-8-23(25-16-36-15-20-6-3-4-7-22(20)25)29(35)30(24)37-32(38-31)43-19-33-11-5-12-39(33)17-21(34)14-33/h2,8-9,15-16,21,26-27H,1,3-7,10-14,17-19H2/t21-,26-,27-,33+/m1/s1. The lowest BCUT2D eigenvalue weighted by molar-refractivity contribution is -0.127. The number of carbonyl (C=O) groups excluding carboxylic acids is 1. The number of nitrogens with zero attached hydrogens (tertiary/aromatic N) is 6. The molecule has 0 saturated carbocycles. The molecule has 0 bridgehead atoms. The Balaban J connectivity index is 1.20. The predicted molar refractivity (Wildman–Crippen MR) is 159 cm³/mol. The summed E-state index contributed by atoms with van der Waals surface area (Å²) in [5.74, 6) is 0.134. The molecule has 224 valence electrons. The number of anilines is 1. The number of fused-ring (bicyclic) bond motifs is 4. The van der Waals surface area contributed by atoms with Gasteiger partial charge in [0.1, 0.15) is 24.1 Å². The summed E-state index contributed by atoms with van der Waals surface area (Å²) >= 11 is 0. The van der Waals surface area contributed by atoms with Gasteiger partial charge in [-0.3, -0.25) is 14.7 Å². The molecule has 43 heavy (non-hydrogen) atoms. The van der Waals surface area contributed by atoms with E-state index < -0.39 is 12.0 Å². The van der Waals surface area contributed by atoms with Crippen LogP contribution in [-0.2, 0) is 17.6 Å². The molecular formula is C33H36F2N6O2. The summed E-state index contributed by atoms with van der Waals surface area (Å²) in [5.41, 5.74) is 3.49. The number of rotatable bonds is 6. The fourth-order valence-electron chi connectivity index (χ4n) is 8.41. The van der Waals surface area contributed by atoms with Crippen molar-refractivity contribution in [2.75, 3.05) is 37.7 Å². The Labute approximate surface area is 249 Å². The van der Waals surface area contributed by atoms with Crippen LogP contribution < -0.4 is 9.64 Å². The van der Waals surface area contributed by atoms with Gasteiger partial charge in [0.2, 0.25) is 5.91 Å². The third kappa shape index (κ3) is 4.24. The fraction of sp³-hybridized carbons (Fsp3) is 0.515. The molecule has 1 aliphatic carbocycles. The number of carbonyl (C=O) groups is 1. The molecule has 4 atom stereocenters. The number of amides is 1. The van der Waals surface area contributed by atoms with Crippen LogP contribution in [0.1, 0.15) is 49.7 Å². The number of aryl methyl sites for hydroxylation is 1. The van der Waals surface area contributed by atoms with Gasteiger partial charge in [0, 0.05) is 55.0 Å². The van der Waals surface area contributed by atoms with Gasteiger partial charge in [-0.2, -0.15) is 9.97 Å². The summed E-state index contributed by atoms with van der Waals surface area (Å²) in [7, 11) is 0. The molecule has 0 N–H and O–H groups in total. The Bertz CT molecular complexity index is 1630. The second kappa shape index (κ2) is 10.2. The lowest BCUT2D eigenvalue weighted by Gasteiger charge is -2.47. The number of halogens is 2. The molecule has 10 heteroatoms. The van der Waals surface area contributed by atoms with Gasteiger partial charge in [-0.1, -0.05) is 12.6 Å². The highest BCUT2D eigenvalue weighted by molar-refractivity contribution is 5.95. The molecule has 4 saturated heterocycles. The number of hydrogen-bond donors (Lipinski definition) is 0. The van der Waals surface area contributed by atoms with Crippen LogP contribution in [0.4, 0.5) is 14.6 Å². The van der Waals surface area contributed by atoms with Crippen molar-refractivity contribution < 1.29 is 18.3 Å². The van der Waals surface area contributed by atoms with Crippen LogP contribution in [0.2, 0.25) is 0 Å². The van der Waals surface area contributed by atoms with Gasteiger partial charge in [0.15, 0.2) is 5.82 Å². The molecule has 1 amide bonds. The largest absolute Gasteiger partial charge is 0.461 e. The zero-order chi connectivity index (χ0) is 29.3. The Morgan fingerprint density at radius 3 is 2.86 bits per heavy atom. The summed E-state index contributed by atoms with van der Waals surface area (Å²) in [5, 5.41) is 0.614. The lowest BCUT2D eigenvalue weighted by Crippen LogP contribution is -2.63. The highest BCUT2D eigenvalue weighted by Gasteiger charge is 2.51. The van der Waals surface area contributed by atoms with Gasteiger partial charge in [-0.15, -0.1) is 0 Å². The molecule has 8 nitrogen and oxygen atoms in total. The van der Waals surface area contributed by atoms with Crippen LogP contribution >= 0.6 is 0 Å². The van der Waals surface area contributed by atoms with E-state index in [0.717, 1.165) is 62.6 Å². The highest BCUT2D eigenvalue weighted by atomic mass is 19.1. The van der Waals surface area contributed by atoms with Crippen molar-refractivity contribution in [1.82, 2.24) is 24.8 Å². The van der Waals surface area contributed by atoms with E-state index >= 15 is 4.39 Å². The maximum Gasteiger partial charge on any atom is 0.319 e. The van der Waals surface area contributed by atoms with Crippen molar-refractivity contribution in [1.29, 1.82) is 0 Å². The molecule has 4 fully saturated rings. The van der Waals surface area contributed by atoms with Gasteiger partial charge in [0.05, 0.1) is 17.6 Å². The van der Waals surface area contributed by atoms with Crippen molar-refractivity contribution in [2.45, 2.75) is 75.2 Å². The van der Waals surface area contributed by atoms with Crippen LogP contribution in [0.5, 0.6) is 6.01 Å². The monoisotopic (exact) mass is 586 g/mol. The average Bonchev–Trinajstić information content (AvgIpc) is 3.65. The summed E-state index contributed by atoms with van der Waals surface area (Å²) < 4.78 is 37.4. The molecule has 5 aliphatic rings. The van der Waals surface area contributed by atoms with Crippen molar-refractivity contribution in [2.24, 2.45) is 0 Å². The molecule has 0 unspecified atom stereocenters. The summed E-state index contributed by atoms with van der Waals surface area (Å²) in [4.78, 5) is 32.6. The highest BCUT2D eigenvalue weighted by Crippen LogP contribution is 2.43. The van der Waals surface area contributed by atoms with Crippen LogP contribution in [0.15, 0.2) is 37.2 Å². The molecule has 8 rings (SSSR count). The van der Waals surface area contributed by atoms with E-state index in [2.05, 4.69) is 26.3 Å². The van der Waals surface area contributed by atoms with Gasteiger partial charge < -0.3 is 14.5 Å². The Hall–Kier alpha value is -3.66. The number of benzene rings is 1. The first-order chi connectivity index (χ1) is 21.0. The van der Waals surface area contributed by atoms with Crippen LogP contribution in [0.3, 0.4) is 0 Å². The maximum absolute atomic E-state index is 16.6. The molecular weight excluding hydrogens is 550 g/mol. The summed E-state index contributed by atoms with van der Waals surface area (Å²) in [6, 6.07) is 3.99. The number of likely N-dealkylation sites (tertiary alicyclic amines) is 1. The fourth-order valence-corrected chi connectivity index (χ4v) is 8.41. The molecule has 2 aromatic heterocycles. The third-order valence-electron chi connectivity index (χ3n) is 10.6. The molecule has 3 aromatic rings. The van der Waals surface area contributed by atoms with E-state index in [1.54, 1.807) is 6.20 Å². The summed E-state index contributed by atoms with van der Waals surface area (Å²) in [6.45, 7) is 6.45. The number of alkyl halides is 1. The second-order valence-corrected chi connectivity index (χ2v) is 12.9. The van der Waals surface area contributed by atoms with E-state index in [4.69, 9.17) is 9.72 Å². The Kier molecular flexibility index (Phi) is 6.40. The first-order valence-electron chi connectivity index (χ1n) is 15.6. The topological polar surface area (TPSA) is 74.7 Å². The van der Waals surface area contributed by atoms with Crippen molar-refractivity contribution in [3.8, 4) is 17.1 Å². The van der Waals surface area contributed by atoms with E-state index in [-0.39, 0.29) is 41.7 Å². The SMILES string of the molecule is C=CC(=O)N1CC[C@@H]2[C@H]1CN2c1nc(OC[C@@]23CCCN2C[C@H](F)C3)nc2c(F)c(-c3cncc4c3CCCC4)ccc12. The lowest BCUT2D eigenvalue weighted by atomic mass is 9.87. The minimum absolute atomic E-state index is 0.0665. The van der Waals surface area contributed by atoms with Crippen molar-refractivity contribution in [3.05, 3.63) is 54.1 Å². The molecule has 0 radical (unpaired) electrons. The minimum atomic E-state index is -0.871. The van der Waals surface area contributed by atoms with Crippen LogP contribution in [-0.4, -0.2) is 87.2 Å². The second-order valence-electron chi connectivity index (χ2n) is 12.9. The van der Waals surface area contributed by atoms with Crippen LogP contribution in [0.25, 0.3) is 22.0 Å². The maximum atomic E-state index is 16.6. The zero-order valence-electron chi connectivity index (χ0n) is 24.3. The quantitative estimate of drug-likeness (QED) is 0.390. The molecule has 4 aliphatic heterocycles. The first kappa shape index (κ1) is 26.9. The summed E-state index contributed by atoms with van der Waals surface area (Å²) in [6.07, 6.45) is 11.3. The van der Waals surface area contributed by atoms with Gasteiger partial charge in [-0.05, 0) is 74.8 Å². The number of aromatic nitrogens is 3. The Morgan fingerprint density at radius 1 is 1.09 bits per heavy atom. The average molecular weight is 587 g/mol. The van der Waals surface area contributed by atoms with E-state index in [0.29, 0.717) is 42.8 Å². The van der Waals surface area contributed by atoms with Gasteiger partial charge in [-0.25, -0.2) is 8.78 Å². The minimum Gasteiger partial charge on any atom is -0.461 e. The van der Waals surface area contributed by atoms with Crippen LogP contribution in [0, 0.1) is 5.82 Å². The van der Waals surface area contributed by atoms with E-state index in [9.17, 15) is 9.18 Å². The third-order valence-corrected chi connectivity index (χ3v) is 10.6. The smallest absolute Gasteiger partial charge is 0.319 e. The van der Waals surface area contributed by atoms with Crippen molar-refractivity contribution in [3.63, 3.8) is 0 Å². The first-order valence-corrected chi connectivity index (χ1v) is 15.6. The van der Waals surface area contributed by atoms with Gasteiger partial charge in [0.25, 0.3) is 0 Å². The number of hydrogen-bond acceptors (Lipinski definition) is 7. The molecule has 1 aromatic carbocycles. The number of pyridine rings is 1. The Morgan fingerprint density at radius 2 is 1.98 bits per heavy atom. The predicted octanol–water partition coefficient (Wildman–Crippen LogP) is 4.64. The normalized spacial score (nSPS) is 28.0. The van der Waals surface area contributed by atoms with E-state index in [1.165, 1.54) is 11.6 Å².